The van der Waals surface area contributed by atoms with Crippen LogP contribution in [0.3, 0.4) is 0 Å². The highest BCUT2D eigenvalue weighted by Gasteiger charge is 2.19. The van der Waals surface area contributed by atoms with E-state index < -0.39 is 16.8 Å². The number of thioether (sulfide) groups is 1. The normalized spacial score (nSPS) is 10.5. The Morgan fingerprint density at radius 1 is 1.41 bits per heavy atom. The molecule has 0 aliphatic carbocycles. The lowest BCUT2D eigenvalue weighted by molar-refractivity contribution is -0.383. The summed E-state index contributed by atoms with van der Waals surface area (Å²) in [6.45, 7) is 0.262. The maximum Gasteiger partial charge on any atom is 0.313 e. The summed E-state index contributed by atoms with van der Waals surface area (Å²) in [7, 11) is 0. The maximum atomic E-state index is 12.0. The van der Waals surface area contributed by atoms with E-state index in [1.54, 1.807) is 0 Å². The predicted octanol–water partition coefficient (Wildman–Crippen LogP) is 1.15. The second kappa shape index (κ2) is 7.13. The number of nitro benzene ring substituents is 1. The zero-order valence-corrected chi connectivity index (χ0v) is 12.6. The smallest absolute Gasteiger partial charge is 0.313 e. The highest BCUT2D eigenvalue weighted by atomic mass is 32.2. The SMILES string of the molecule is O=C(O)CSCCNC(=O)c1cc([N+](=O)[O-])c2nsnc2c1. The minimum Gasteiger partial charge on any atom is -0.481 e. The van der Waals surface area contributed by atoms with Crippen molar-refractivity contribution in [3.05, 3.63) is 27.8 Å². The van der Waals surface area contributed by atoms with Crippen LogP contribution in [0.15, 0.2) is 12.1 Å². The van der Waals surface area contributed by atoms with E-state index in [4.69, 9.17) is 5.11 Å². The fraction of sp³-hybridized carbons (Fsp3) is 0.273. The minimum absolute atomic E-state index is 0.0439. The molecule has 0 unspecified atom stereocenters. The molecule has 1 aromatic carbocycles. The van der Waals surface area contributed by atoms with Crippen molar-refractivity contribution >= 4 is 52.1 Å². The topological polar surface area (TPSA) is 135 Å². The first-order valence-electron chi connectivity index (χ1n) is 5.97. The number of rotatable bonds is 7. The lowest BCUT2D eigenvalue weighted by atomic mass is 10.1. The molecule has 0 saturated heterocycles. The molecule has 116 valence electrons. The first-order chi connectivity index (χ1) is 10.5. The molecule has 0 fully saturated rings. The van der Waals surface area contributed by atoms with Gasteiger partial charge in [-0.2, -0.15) is 8.75 Å². The number of amides is 1. The Hall–Kier alpha value is -2.27. The number of carboxylic acid groups (broad SMARTS) is 1. The van der Waals surface area contributed by atoms with Crippen molar-refractivity contribution in [3.8, 4) is 0 Å². The molecule has 0 saturated carbocycles. The largest absolute Gasteiger partial charge is 0.481 e. The number of carboxylic acids is 1. The number of hydrogen-bond acceptors (Lipinski definition) is 8. The second-order valence-electron chi connectivity index (χ2n) is 4.09. The van der Waals surface area contributed by atoms with E-state index in [-0.39, 0.29) is 29.1 Å². The molecule has 0 aliphatic heterocycles. The van der Waals surface area contributed by atoms with Crippen molar-refractivity contribution in [2.24, 2.45) is 0 Å². The summed E-state index contributed by atoms with van der Waals surface area (Å²) in [5.74, 6) is -1.01. The van der Waals surface area contributed by atoms with Crippen LogP contribution in [0.5, 0.6) is 0 Å². The summed E-state index contributed by atoms with van der Waals surface area (Å²) in [6.07, 6.45) is 0. The molecule has 22 heavy (non-hydrogen) atoms. The standard InChI is InChI=1S/C11H10N4O5S2/c16-9(17)5-21-2-1-12-11(18)6-3-7-10(14-22-13-7)8(4-6)15(19)20/h3-4H,1-2,5H2,(H,12,18)(H,16,17). The van der Waals surface area contributed by atoms with Crippen molar-refractivity contribution in [2.45, 2.75) is 0 Å². The van der Waals surface area contributed by atoms with E-state index in [0.29, 0.717) is 11.3 Å². The Bertz CT molecular complexity index is 732. The van der Waals surface area contributed by atoms with E-state index in [1.807, 2.05) is 0 Å². The van der Waals surface area contributed by atoms with Crippen molar-refractivity contribution < 1.29 is 19.6 Å². The number of nitrogens with one attached hydrogen (secondary N) is 1. The van der Waals surface area contributed by atoms with Crippen molar-refractivity contribution in [1.82, 2.24) is 14.1 Å². The van der Waals surface area contributed by atoms with Crippen LogP contribution in [0.4, 0.5) is 5.69 Å². The van der Waals surface area contributed by atoms with Crippen LogP contribution in [-0.4, -0.2) is 48.7 Å². The predicted molar refractivity (Wildman–Crippen MR) is 81.4 cm³/mol. The Balaban J connectivity index is 2.05. The van der Waals surface area contributed by atoms with Crippen LogP contribution in [0.25, 0.3) is 11.0 Å². The average Bonchev–Trinajstić information content (AvgIpc) is 2.93. The van der Waals surface area contributed by atoms with Gasteiger partial charge >= 0.3 is 5.97 Å². The van der Waals surface area contributed by atoms with Crippen molar-refractivity contribution in [2.75, 3.05) is 18.1 Å². The third-order valence-electron chi connectivity index (χ3n) is 2.56. The molecule has 11 heteroatoms. The number of nitro groups is 1. The van der Waals surface area contributed by atoms with Crippen molar-refractivity contribution in [3.63, 3.8) is 0 Å². The third kappa shape index (κ3) is 3.89. The highest BCUT2D eigenvalue weighted by molar-refractivity contribution is 7.99. The number of carbonyl (C=O) groups is 2. The van der Waals surface area contributed by atoms with E-state index in [1.165, 1.54) is 17.8 Å². The molecule has 1 aromatic heterocycles. The highest BCUT2D eigenvalue weighted by Crippen LogP contribution is 2.25. The Kier molecular flexibility index (Phi) is 5.22. The molecule has 2 N–H and O–H groups in total. The van der Waals surface area contributed by atoms with Crippen LogP contribution < -0.4 is 5.32 Å². The second-order valence-corrected chi connectivity index (χ2v) is 5.72. The van der Waals surface area contributed by atoms with Gasteiger partial charge in [0, 0.05) is 23.9 Å². The molecular formula is C11H10N4O5S2. The van der Waals surface area contributed by atoms with Gasteiger partial charge in [0.2, 0.25) is 0 Å². The van der Waals surface area contributed by atoms with Gasteiger partial charge in [-0.3, -0.25) is 19.7 Å². The number of benzene rings is 1. The molecule has 1 heterocycles. The van der Waals surface area contributed by atoms with E-state index in [9.17, 15) is 19.7 Å². The van der Waals surface area contributed by atoms with Gasteiger partial charge in [0.1, 0.15) is 5.52 Å². The molecule has 1 amide bonds. The lowest BCUT2D eigenvalue weighted by Gasteiger charge is -2.04. The summed E-state index contributed by atoms with van der Waals surface area (Å²) >= 11 is 2.00. The number of aliphatic carboxylic acids is 1. The molecule has 0 bridgehead atoms. The van der Waals surface area contributed by atoms with Gasteiger partial charge in [-0.05, 0) is 6.07 Å². The molecule has 2 aromatic rings. The molecule has 0 atom stereocenters. The zero-order valence-electron chi connectivity index (χ0n) is 11.0. The van der Waals surface area contributed by atoms with Crippen LogP contribution in [-0.2, 0) is 4.79 Å². The van der Waals surface area contributed by atoms with E-state index in [0.717, 1.165) is 17.8 Å². The third-order valence-corrected chi connectivity index (χ3v) is 4.04. The summed E-state index contributed by atoms with van der Waals surface area (Å²) in [6, 6.07) is 2.59. The molecule has 0 spiro atoms. The lowest BCUT2D eigenvalue weighted by Crippen LogP contribution is -2.26. The number of fused-ring (bicyclic) bond motifs is 1. The van der Waals surface area contributed by atoms with Crippen LogP contribution >= 0.6 is 23.5 Å². The molecule has 0 aliphatic rings. The molecule has 0 radical (unpaired) electrons. The summed E-state index contributed by atoms with van der Waals surface area (Å²) in [4.78, 5) is 32.7. The van der Waals surface area contributed by atoms with Gasteiger partial charge in [-0.25, -0.2) is 0 Å². The number of hydrogen-bond donors (Lipinski definition) is 2. The maximum absolute atomic E-state index is 12.0. The van der Waals surface area contributed by atoms with Gasteiger partial charge in [-0.1, -0.05) is 0 Å². The monoisotopic (exact) mass is 342 g/mol. The number of nitrogens with zero attached hydrogens (tertiary/aromatic N) is 3. The average molecular weight is 342 g/mol. The fourth-order valence-electron chi connectivity index (χ4n) is 1.64. The Morgan fingerprint density at radius 3 is 2.86 bits per heavy atom. The molecule has 9 nitrogen and oxygen atoms in total. The van der Waals surface area contributed by atoms with E-state index >= 15 is 0 Å². The summed E-state index contributed by atoms with van der Waals surface area (Å²) in [5, 5.41) is 22.1. The van der Waals surface area contributed by atoms with Gasteiger partial charge in [0.05, 0.1) is 22.4 Å². The van der Waals surface area contributed by atoms with Crippen molar-refractivity contribution in [1.29, 1.82) is 0 Å². The fourth-order valence-corrected chi connectivity index (χ4v) is 2.74. The van der Waals surface area contributed by atoms with E-state index in [2.05, 4.69) is 14.1 Å². The minimum atomic E-state index is -0.923. The Morgan fingerprint density at radius 2 is 2.18 bits per heavy atom. The van der Waals surface area contributed by atoms with Crippen LogP contribution in [0, 0.1) is 10.1 Å². The van der Waals surface area contributed by atoms with Gasteiger partial charge in [0.15, 0.2) is 5.52 Å². The van der Waals surface area contributed by atoms with Crippen LogP contribution in [0.1, 0.15) is 10.4 Å². The quantitative estimate of drug-likeness (QED) is 0.434. The van der Waals surface area contributed by atoms with Gasteiger partial charge < -0.3 is 10.4 Å². The van der Waals surface area contributed by atoms with Gasteiger partial charge in [0.25, 0.3) is 11.6 Å². The first-order valence-corrected chi connectivity index (χ1v) is 7.86. The molecule has 2 rings (SSSR count). The van der Waals surface area contributed by atoms with Crippen LogP contribution in [0.2, 0.25) is 0 Å². The summed E-state index contributed by atoms with van der Waals surface area (Å²) < 4.78 is 7.75. The Labute approximate surface area is 132 Å². The first kappa shape index (κ1) is 16.1. The van der Waals surface area contributed by atoms with Gasteiger partial charge in [-0.15, -0.1) is 11.8 Å². The molecular weight excluding hydrogens is 332 g/mol. The zero-order chi connectivity index (χ0) is 16.1. The number of aromatic nitrogens is 2. The number of carbonyl (C=O) groups excluding carboxylic acids is 1. The summed E-state index contributed by atoms with van der Waals surface area (Å²) in [5.41, 5.74) is 0.306. The number of non-ortho nitro benzene ring substituents is 1.